The number of ether oxygens (including phenoxy) is 1. The summed E-state index contributed by atoms with van der Waals surface area (Å²) < 4.78 is 17.9. The number of halogens is 1. The summed E-state index contributed by atoms with van der Waals surface area (Å²) in [6, 6.07) is 5.55. The maximum absolute atomic E-state index is 12.8. The van der Waals surface area contributed by atoms with Crippen molar-refractivity contribution < 1.29 is 13.9 Å². The van der Waals surface area contributed by atoms with Crippen molar-refractivity contribution in [3.05, 3.63) is 41.7 Å². The second kappa shape index (κ2) is 4.90. The summed E-state index contributed by atoms with van der Waals surface area (Å²) in [4.78, 5) is 11.6. The Balaban J connectivity index is 2.04. The van der Waals surface area contributed by atoms with Crippen LogP contribution in [0.1, 0.15) is 6.42 Å². The molecule has 1 aromatic rings. The van der Waals surface area contributed by atoms with Crippen LogP contribution < -0.4 is 10.1 Å². The second-order valence-electron chi connectivity index (χ2n) is 3.54. The molecule has 3 nitrogen and oxygen atoms in total. The zero-order valence-corrected chi connectivity index (χ0v) is 8.70. The van der Waals surface area contributed by atoms with Crippen molar-refractivity contribution in [2.24, 2.45) is 0 Å². The molecule has 0 unspecified atom stereocenters. The van der Waals surface area contributed by atoms with Gasteiger partial charge in [-0.3, -0.25) is 0 Å². The number of carbonyl (C=O) groups excluding carboxylic acids is 1. The van der Waals surface area contributed by atoms with Crippen molar-refractivity contribution in [2.75, 3.05) is 13.1 Å². The van der Waals surface area contributed by atoms with E-state index in [4.69, 9.17) is 4.74 Å². The lowest BCUT2D eigenvalue weighted by atomic mass is 10.1. The Bertz CT molecular complexity index is 429. The highest BCUT2D eigenvalue weighted by Crippen LogP contribution is 2.14. The van der Waals surface area contributed by atoms with E-state index in [0.717, 1.165) is 13.0 Å². The van der Waals surface area contributed by atoms with Gasteiger partial charge < -0.3 is 10.1 Å². The summed E-state index contributed by atoms with van der Waals surface area (Å²) in [7, 11) is 0. The molecule has 0 bridgehead atoms. The van der Waals surface area contributed by atoms with Crippen LogP contribution in [0.3, 0.4) is 0 Å². The van der Waals surface area contributed by atoms with Crippen molar-refractivity contribution in [1.29, 1.82) is 0 Å². The average molecular weight is 221 g/mol. The highest BCUT2D eigenvalue weighted by Gasteiger charge is 2.14. The minimum atomic E-state index is -0.419. The fourth-order valence-electron chi connectivity index (χ4n) is 1.50. The molecule has 1 heterocycles. The maximum atomic E-state index is 12.8. The van der Waals surface area contributed by atoms with E-state index in [1.807, 2.05) is 6.08 Å². The first kappa shape index (κ1) is 10.8. The summed E-state index contributed by atoms with van der Waals surface area (Å²) in [5.74, 6) is -0.602. The predicted octanol–water partition coefficient (Wildman–Crippen LogP) is 1.65. The monoisotopic (exact) mass is 221 g/mol. The molecule has 1 N–H and O–H groups in total. The Morgan fingerprint density at radius 3 is 3.00 bits per heavy atom. The molecule has 1 aliphatic rings. The van der Waals surface area contributed by atoms with Crippen LogP contribution in [0.25, 0.3) is 0 Å². The molecule has 0 spiro atoms. The van der Waals surface area contributed by atoms with Gasteiger partial charge in [0, 0.05) is 18.2 Å². The van der Waals surface area contributed by atoms with E-state index >= 15 is 0 Å². The highest BCUT2D eigenvalue weighted by atomic mass is 19.1. The molecule has 1 aromatic carbocycles. The average Bonchev–Trinajstić information content (AvgIpc) is 2.30. The van der Waals surface area contributed by atoms with Gasteiger partial charge in [-0.15, -0.1) is 0 Å². The molecule has 16 heavy (non-hydrogen) atoms. The number of rotatable bonds is 2. The molecular weight excluding hydrogens is 209 g/mol. The summed E-state index contributed by atoms with van der Waals surface area (Å²) in [5.41, 5.74) is 0.593. The number of benzene rings is 1. The van der Waals surface area contributed by atoms with E-state index in [1.165, 1.54) is 18.2 Å². The Morgan fingerprint density at radius 2 is 2.31 bits per heavy atom. The number of nitrogens with one attached hydrogen (secondary N) is 1. The molecular formula is C12H12FNO2. The Hall–Kier alpha value is -1.68. The highest BCUT2D eigenvalue weighted by molar-refractivity contribution is 5.90. The molecule has 4 heteroatoms. The van der Waals surface area contributed by atoms with Gasteiger partial charge in [0.05, 0.1) is 0 Å². The lowest BCUT2D eigenvalue weighted by molar-refractivity contribution is -0.130. The molecule has 0 radical (unpaired) electrons. The molecule has 0 fully saturated rings. The van der Waals surface area contributed by atoms with Crippen molar-refractivity contribution in [3.63, 3.8) is 0 Å². The molecule has 0 amide bonds. The number of carbonyl (C=O) groups is 1. The van der Waals surface area contributed by atoms with Crippen LogP contribution in [0.5, 0.6) is 5.75 Å². The standard InChI is InChI=1S/C12H12FNO2/c13-10-4-1-5-11(7-10)16-12(15)9-3-2-6-14-8-9/h1,3-5,7,14H,2,6,8H2. The van der Waals surface area contributed by atoms with Gasteiger partial charge in [0.2, 0.25) is 0 Å². The molecule has 0 aromatic heterocycles. The van der Waals surface area contributed by atoms with Crippen LogP contribution in [-0.2, 0) is 4.79 Å². The third-order valence-electron chi connectivity index (χ3n) is 2.30. The quantitative estimate of drug-likeness (QED) is 0.609. The fraction of sp³-hybridized carbons (Fsp3) is 0.250. The lowest BCUT2D eigenvalue weighted by Gasteiger charge is -2.13. The van der Waals surface area contributed by atoms with E-state index in [9.17, 15) is 9.18 Å². The molecule has 0 saturated heterocycles. The first-order valence-corrected chi connectivity index (χ1v) is 5.13. The first-order valence-electron chi connectivity index (χ1n) is 5.13. The fourth-order valence-corrected chi connectivity index (χ4v) is 1.50. The minimum Gasteiger partial charge on any atom is -0.423 e. The van der Waals surface area contributed by atoms with Gasteiger partial charge in [-0.25, -0.2) is 9.18 Å². The van der Waals surface area contributed by atoms with Crippen LogP contribution in [-0.4, -0.2) is 19.1 Å². The van der Waals surface area contributed by atoms with Gasteiger partial charge in [-0.2, -0.15) is 0 Å². The van der Waals surface area contributed by atoms with Crippen molar-refractivity contribution in [3.8, 4) is 5.75 Å². The zero-order valence-electron chi connectivity index (χ0n) is 8.70. The van der Waals surface area contributed by atoms with E-state index in [-0.39, 0.29) is 5.75 Å². The summed E-state index contributed by atoms with van der Waals surface area (Å²) in [5, 5.41) is 3.07. The van der Waals surface area contributed by atoms with Crippen LogP contribution in [0.4, 0.5) is 4.39 Å². The van der Waals surface area contributed by atoms with Crippen LogP contribution >= 0.6 is 0 Å². The van der Waals surface area contributed by atoms with Gasteiger partial charge in [-0.05, 0) is 25.1 Å². The Morgan fingerprint density at radius 1 is 1.44 bits per heavy atom. The number of hydrogen-bond acceptors (Lipinski definition) is 3. The van der Waals surface area contributed by atoms with E-state index in [2.05, 4.69) is 5.32 Å². The number of hydrogen-bond donors (Lipinski definition) is 1. The second-order valence-corrected chi connectivity index (χ2v) is 3.54. The van der Waals surface area contributed by atoms with Gasteiger partial charge >= 0.3 is 5.97 Å². The largest absolute Gasteiger partial charge is 0.423 e. The smallest absolute Gasteiger partial charge is 0.340 e. The third kappa shape index (κ3) is 2.67. The Kier molecular flexibility index (Phi) is 3.31. The predicted molar refractivity (Wildman–Crippen MR) is 57.6 cm³/mol. The molecule has 2 rings (SSSR count). The SMILES string of the molecule is O=C(Oc1cccc(F)c1)C1=CCCNC1. The summed E-state index contributed by atoms with van der Waals surface area (Å²) in [6.07, 6.45) is 2.66. The molecule has 1 aliphatic heterocycles. The van der Waals surface area contributed by atoms with E-state index in [1.54, 1.807) is 6.07 Å². The number of esters is 1. The van der Waals surface area contributed by atoms with Gasteiger partial charge in [0.1, 0.15) is 11.6 Å². The summed E-state index contributed by atoms with van der Waals surface area (Å²) in [6.45, 7) is 1.38. The summed E-state index contributed by atoms with van der Waals surface area (Å²) >= 11 is 0. The van der Waals surface area contributed by atoms with Gasteiger partial charge in [-0.1, -0.05) is 12.1 Å². The van der Waals surface area contributed by atoms with Crippen LogP contribution in [0.2, 0.25) is 0 Å². The van der Waals surface area contributed by atoms with Crippen molar-refractivity contribution >= 4 is 5.97 Å². The van der Waals surface area contributed by atoms with Gasteiger partial charge in [0.15, 0.2) is 0 Å². The molecule has 0 atom stereocenters. The minimum absolute atomic E-state index is 0.233. The third-order valence-corrected chi connectivity index (χ3v) is 2.30. The zero-order chi connectivity index (χ0) is 11.4. The normalized spacial score (nSPS) is 15.4. The van der Waals surface area contributed by atoms with Crippen molar-refractivity contribution in [1.82, 2.24) is 5.32 Å². The molecule has 0 aliphatic carbocycles. The maximum Gasteiger partial charge on any atom is 0.340 e. The molecule has 84 valence electrons. The van der Waals surface area contributed by atoms with Crippen LogP contribution in [0.15, 0.2) is 35.9 Å². The lowest BCUT2D eigenvalue weighted by Crippen LogP contribution is -2.28. The van der Waals surface area contributed by atoms with Crippen molar-refractivity contribution in [2.45, 2.75) is 6.42 Å². The molecule has 0 saturated carbocycles. The van der Waals surface area contributed by atoms with Crippen LogP contribution in [0, 0.1) is 5.82 Å². The first-order chi connectivity index (χ1) is 7.75. The topological polar surface area (TPSA) is 38.3 Å². The van der Waals surface area contributed by atoms with Gasteiger partial charge in [0.25, 0.3) is 0 Å². The Labute approximate surface area is 92.9 Å². The van der Waals surface area contributed by atoms with E-state index in [0.29, 0.717) is 12.1 Å². The van der Waals surface area contributed by atoms with E-state index < -0.39 is 11.8 Å².